The summed E-state index contributed by atoms with van der Waals surface area (Å²) < 4.78 is 4.95. The normalized spacial score (nSPS) is 10.4. The van der Waals surface area contributed by atoms with Crippen LogP contribution in [-0.2, 0) is 6.61 Å². The van der Waals surface area contributed by atoms with Gasteiger partial charge in [0.25, 0.3) is 5.91 Å². The van der Waals surface area contributed by atoms with Crippen LogP contribution >= 0.6 is 0 Å². The quantitative estimate of drug-likeness (QED) is 0.869. The molecule has 0 aliphatic rings. The van der Waals surface area contributed by atoms with Crippen LogP contribution in [0.1, 0.15) is 27.4 Å². The maximum Gasteiger partial charge on any atom is 0.261 e. The monoisotopic (exact) mass is 246 g/mol. The fourth-order valence-electron chi connectivity index (χ4n) is 1.77. The van der Waals surface area contributed by atoms with Crippen molar-refractivity contribution in [1.82, 2.24) is 5.16 Å². The number of anilines is 1. The van der Waals surface area contributed by atoms with Crippen molar-refractivity contribution in [3.8, 4) is 0 Å². The summed E-state index contributed by atoms with van der Waals surface area (Å²) >= 11 is 0. The first-order valence-electron chi connectivity index (χ1n) is 5.56. The van der Waals surface area contributed by atoms with Crippen LogP contribution in [0.5, 0.6) is 0 Å². The number of hydrogen-bond donors (Lipinski definition) is 2. The van der Waals surface area contributed by atoms with Crippen molar-refractivity contribution in [3.05, 3.63) is 46.8 Å². The maximum atomic E-state index is 12.1. The van der Waals surface area contributed by atoms with Gasteiger partial charge in [0.1, 0.15) is 11.3 Å². The van der Waals surface area contributed by atoms with Gasteiger partial charge in [-0.3, -0.25) is 4.79 Å². The summed E-state index contributed by atoms with van der Waals surface area (Å²) in [6, 6.07) is 7.09. The van der Waals surface area contributed by atoms with Crippen molar-refractivity contribution >= 4 is 11.6 Å². The SMILES string of the molecule is Cc1noc(C)c1C(=O)Nc1ccccc1CO. The van der Waals surface area contributed by atoms with Gasteiger partial charge < -0.3 is 14.9 Å². The number of aliphatic hydroxyl groups excluding tert-OH is 1. The molecule has 0 bridgehead atoms. The van der Waals surface area contributed by atoms with Gasteiger partial charge in [0.15, 0.2) is 0 Å². The van der Waals surface area contributed by atoms with E-state index in [0.29, 0.717) is 28.3 Å². The van der Waals surface area contributed by atoms with Gasteiger partial charge >= 0.3 is 0 Å². The largest absolute Gasteiger partial charge is 0.392 e. The summed E-state index contributed by atoms with van der Waals surface area (Å²) in [4.78, 5) is 12.1. The van der Waals surface area contributed by atoms with E-state index in [1.807, 2.05) is 0 Å². The number of para-hydroxylation sites is 1. The second kappa shape index (κ2) is 5.01. The van der Waals surface area contributed by atoms with Gasteiger partial charge in [-0.2, -0.15) is 0 Å². The Labute approximate surface area is 104 Å². The van der Waals surface area contributed by atoms with Gasteiger partial charge in [0.2, 0.25) is 0 Å². The first kappa shape index (κ1) is 12.3. The third-order valence-corrected chi connectivity index (χ3v) is 2.70. The van der Waals surface area contributed by atoms with Crippen molar-refractivity contribution in [2.75, 3.05) is 5.32 Å². The van der Waals surface area contributed by atoms with Gasteiger partial charge in [0, 0.05) is 11.3 Å². The predicted molar refractivity (Wildman–Crippen MR) is 66.3 cm³/mol. The highest BCUT2D eigenvalue weighted by Gasteiger charge is 2.18. The topological polar surface area (TPSA) is 75.4 Å². The van der Waals surface area contributed by atoms with Crippen LogP contribution in [0.2, 0.25) is 0 Å². The number of nitrogens with one attached hydrogen (secondary N) is 1. The molecule has 94 valence electrons. The number of aryl methyl sites for hydroxylation is 2. The van der Waals surface area contributed by atoms with Crippen molar-refractivity contribution in [3.63, 3.8) is 0 Å². The number of benzene rings is 1. The minimum absolute atomic E-state index is 0.127. The molecule has 1 amide bonds. The molecule has 18 heavy (non-hydrogen) atoms. The van der Waals surface area contributed by atoms with Crippen LogP contribution in [0.3, 0.4) is 0 Å². The minimum atomic E-state index is -0.285. The molecule has 1 aromatic carbocycles. The second-order valence-electron chi connectivity index (χ2n) is 3.97. The molecule has 5 nitrogen and oxygen atoms in total. The van der Waals surface area contributed by atoms with E-state index in [-0.39, 0.29) is 12.5 Å². The molecule has 1 heterocycles. The Balaban J connectivity index is 2.27. The van der Waals surface area contributed by atoms with Crippen molar-refractivity contribution in [2.24, 2.45) is 0 Å². The fourth-order valence-corrected chi connectivity index (χ4v) is 1.77. The molecular weight excluding hydrogens is 232 g/mol. The molecule has 0 radical (unpaired) electrons. The van der Waals surface area contributed by atoms with E-state index in [9.17, 15) is 9.90 Å². The number of carbonyl (C=O) groups excluding carboxylic acids is 1. The molecule has 2 rings (SSSR count). The van der Waals surface area contributed by atoms with Crippen LogP contribution in [-0.4, -0.2) is 16.2 Å². The molecule has 0 aliphatic heterocycles. The summed E-state index contributed by atoms with van der Waals surface area (Å²) in [5.41, 5.74) is 2.23. The lowest BCUT2D eigenvalue weighted by molar-refractivity contribution is 0.102. The van der Waals surface area contributed by atoms with Crippen molar-refractivity contribution < 1.29 is 14.4 Å². The number of rotatable bonds is 3. The van der Waals surface area contributed by atoms with Gasteiger partial charge in [-0.25, -0.2) is 0 Å². The highest BCUT2D eigenvalue weighted by atomic mass is 16.5. The molecule has 5 heteroatoms. The average Bonchev–Trinajstić information content (AvgIpc) is 2.69. The molecule has 0 unspecified atom stereocenters. The van der Waals surface area contributed by atoms with Crippen LogP contribution in [0.15, 0.2) is 28.8 Å². The molecule has 0 atom stereocenters. The van der Waals surface area contributed by atoms with Crippen LogP contribution in [0, 0.1) is 13.8 Å². The molecule has 0 fully saturated rings. The molecule has 0 saturated heterocycles. The van der Waals surface area contributed by atoms with Crippen molar-refractivity contribution in [1.29, 1.82) is 0 Å². The van der Waals surface area contributed by atoms with Crippen molar-refractivity contribution in [2.45, 2.75) is 20.5 Å². The van der Waals surface area contributed by atoms with Crippen LogP contribution < -0.4 is 5.32 Å². The number of amides is 1. The summed E-state index contributed by atoms with van der Waals surface area (Å²) in [7, 11) is 0. The number of aromatic nitrogens is 1. The molecule has 1 aromatic heterocycles. The Morgan fingerprint density at radius 2 is 2.11 bits per heavy atom. The van der Waals surface area contributed by atoms with Crippen LogP contribution in [0.25, 0.3) is 0 Å². The zero-order valence-corrected chi connectivity index (χ0v) is 10.2. The first-order valence-corrected chi connectivity index (χ1v) is 5.56. The van der Waals surface area contributed by atoms with E-state index < -0.39 is 0 Å². The maximum absolute atomic E-state index is 12.1. The number of carbonyl (C=O) groups is 1. The number of hydrogen-bond acceptors (Lipinski definition) is 4. The number of nitrogens with zero attached hydrogens (tertiary/aromatic N) is 1. The second-order valence-corrected chi connectivity index (χ2v) is 3.97. The van der Waals surface area contributed by atoms with E-state index in [0.717, 1.165) is 0 Å². The predicted octanol–water partition coefficient (Wildman–Crippen LogP) is 2.04. The summed E-state index contributed by atoms with van der Waals surface area (Å²) in [5, 5.41) is 15.7. The van der Waals surface area contributed by atoms with Crippen LogP contribution in [0.4, 0.5) is 5.69 Å². The Kier molecular flexibility index (Phi) is 3.43. The molecule has 2 N–H and O–H groups in total. The Morgan fingerprint density at radius 3 is 2.72 bits per heavy atom. The summed E-state index contributed by atoms with van der Waals surface area (Å²) in [6.45, 7) is 3.27. The van der Waals surface area contributed by atoms with Gasteiger partial charge in [0.05, 0.1) is 12.3 Å². The van der Waals surface area contributed by atoms with E-state index in [1.165, 1.54) is 0 Å². The van der Waals surface area contributed by atoms with E-state index >= 15 is 0 Å². The third kappa shape index (κ3) is 2.26. The van der Waals surface area contributed by atoms with E-state index in [2.05, 4.69) is 10.5 Å². The van der Waals surface area contributed by atoms with Gasteiger partial charge in [-0.15, -0.1) is 0 Å². The molecule has 0 saturated carbocycles. The molecule has 0 spiro atoms. The smallest absolute Gasteiger partial charge is 0.261 e. The highest BCUT2D eigenvalue weighted by Crippen LogP contribution is 2.18. The lowest BCUT2D eigenvalue weighted by atomic mass is 10.1. The Bertz CT molecular complexity index is 556. The lowest BCUT2D eigenvalue weighted by Gasteiger charge is -2.08. The van der Waals surface area contributed by atoms with Gasteiger partial charge in [-0.05, 0) is 19.9 Å². The molecular formula is C13H14N2O3. The third-order valence-electron chi connectivity index (χ3n) is 2.70. The van der Waals surface area contributed by atoms with Gasteiger partial charge in [-0.1, -0.05) is 23.4 Å². The Hall–Kier alpha value is -2.14. The molecule has 0 aliphatic carbocycles. The fraction of sp³-hybridized carbons (Fsp3) is 0.231. The van der Waals surface area contributed by atoms with E-state index in [4.69, 9.17) is 4.52 Å². The standard InChI is InChI=1S/C13H14N2O3/c1-8-12(9(2)18-15-8)13(17)14-11-6-4-3-5-10(11)7-16/h3-6,16H,7H2,1-2H3,(H,14,17). The zero-order valence-electron chi connectivity index (χ0n) is 10.2. The first-order chi connectivity index (χ1) is 8.63. The molecule has 2 aromatic rings. The van der Waals surface area contributed by atoms with E-state index in [1.54, 1.807) is 38.1 Å². The summed E-state index contributed by atoms with van der Waals surface area (Å²) in [6.07, 6.45) is 0. The minimum Gasteiger partial charge on any atom is -0.392 e. The Morgan fingerprint density at radius 1 is 1.39 bits per heavy atom. The summed E-state index contributed by atoms with van der Waals surface area (Å²) in [5.74, 6) is 0.193. The zero-order chi connectivity index (χ0) is 13.1. The average molecular weight is 246 g/mol. The number of aliphatic hydroxyl groups is 1. The highest BCUT2D eigenvalue weighted by molar-refractivity contribution is 6.05. The lowest BCUT2D eigenvalue weighted by Crippen LogP contribution is -2.14.